The first-order valence-electron chi connectivity index (χ1n) is 6.86. The number of aliphatic hydroxyl groups excluding tert-OH is 1. The minimum Gasteiger partial charge on any atom is -0.491 e. The van der Waals surface area contributed by atoms with Crippen molar-refractivity contribution in [3.05, 3.63) is 29.8 Å². The summed E-state index contributed by atoms with van der Waals surface area (Å²) in [5.74, 6) is 0.746. The van der Waals surface area contributed by atoms with E-state index < -0.39 is 6.10 Å². The summed E-state index contributed by atoms with van der Waals surface area (Å²) in [5, 5.41) is 9.71. The van der Waals surface area contributed by atoms with Gasteiger partial charge < -0.3 is 24.1 Å². The van der Waals surface area contributed by atoms with Crippen molar-refractivity contribution in [3.63, 3.8) is 0 Å². The summed E-state index contributed by atoms with van der Waals surface area (Å²) in [5.41, 5.74) is 1.20. The maximum atomic E-state index is 9.71. The van der Waals surface area contributed by atoms with Gasteiger partial charge in [-0.3, -0.25) is 0 Å². The number of hydrogen-bond acceptors (Lipinski definition) is 5. The fraction of sp³-hybridized carbons (Fsp3) is 0.600. The number of methoxy groups -OCH3 is 1. The molecule has 0 amide bonds. The fourth-order valence-electron chi connectivity index (χ4n) is 1.71. The Morgan fingerprint density at radius 1 is 1.30 bits per heavy atom. The van der Waals surface area contributed by atoms with Gasteiger partial charge in [-0.1, -0.05) is 12.1 Å². The van der Waals surface area contributed by atoms with E-state index in [1.807, 2.05) is 24.3 Å². The molecule has 0 aliphatic carbocycles. The molecular formula is C15H22O5. The molecule has 2 atom stereocenters. The van der Waals surface area contributed by atoms with Crippen LogP contribution in [0.2, 0.25) is 0 Å². The van der Waals surface area contributed by atoms with Crippen molar-refractivity contribution in [2.75, 3.05) is 40.1 Å². The lowest BCUT2D eigenvalue weighted by Gasteiger charge is -2.12. The van der Waals surface area contributed by atoms with E-state index in [4.69, 9.17) is 18.9 Å². The average Bonchev–Trinajstić information content (AvgIpc) is 3.28. The number of rotatable bonds is 10. The minimum absolute atomic E-state index is 0.225. The molecule has 2 rings (SSSR count). The summed E-state index contributed by atoms with van der Waals surface area (Å²) in [6.45, 7) is 2.52. The lowest BCUT2D eigenvalue weighted by molar-refractivity contribution is 0.00761. The van der Waals surface area contributed by atoms with Crippen LogP contribution in [0, 0.1) is 0 Å². The van der Waals surface area contributed by atoms with E-state index in [0.29, 0.717) is 13.2 Å². The normalized spacial score (nSPS) is 18.8. The summed E-state index contributed by atoms with van der Waals surface area (Å²) < 4.78 is 20.8. The van der Waals surface area contributed by atoms with E-state index in [9.17, 15) is 5.11 Å². The molecule has 5 nitrogen and oxygen atoms in total. The van der Waals surface area contributed by atoms with Crippen molar-refractivity contribution in [1.29, 1.82) is 0 Å². The second-order valence-electron chi connectivity index (χ2n) is 4.84. The van der Waals surface area contributed by atoms with Gasteiger partial charge in [-0.25, -0.2) is 0 Å². The Balaban J connectivity index is 1.61. The predicted octanol–water partition coefficient (Wildman–Crippen LogP) is 1.03. The Morgan fingerprint density at radius 2 is 2.05 bits per heavy atom. The first-order valence-corrected chi connectivity index (χ1v) is 6.86. The quantitative estimate of drug-likeness (QED) is 0.650. The molecule has 1 fully saturated rings. The van der Waals surface area contributed by atoms with Crippen LogP contribution in [0.1, 0.15) is 5.56 Å². The molecule has 1 aliphatic heterocycles. The van der Waals surface area contributed by atoms with Crippen molar-refractivity contribution < 1.29 is 24.1 Å². The molecule has 0 bridgehead atoms. The Bertz CT molecular complexity index is 374. The smallest absolute Gasteiger partial charge is 0.119 e. The third-order valence-corrected chi connectivity index (χ3v) is 2.98. The van der Waals surface area contributed by atoms with Crippen LogP contribution in [0.3, 0.4) is 0 Å². The topological polar surface area (TPSA) is 60.5 Å². The van der Waals surface area contributed by atoms with Gasteiger partial charge in [0.25, 0.3) is 0 Å². The predicted molar refractivity (Wildman–Crippen MR) is 74.1 cm³/mol. The van der Waals surface area contributed by atoms with Crippen molar-refractivity contribution in [3.8, 4) is 5.75 Å². The zero-order chi connectivity index (χ0) is 14.2. The van der Waals surface area contributed by atoms with Crippen molar-refractivity contribution in [1.82, 2.24) is 0 Å². The molecule has 1 N–H and O–H groups in total. The number of hydrogen-bond donors (Lipinski definition) is 1. The number of epoxide rings is 1. The summed E-state index contributed by atoms with van der Waals surface area (Å²) in [4.78, 5) is 0. The van der Waals surface area contributed by atoms with Gasteiger partial charge >= 0.3 is 0 Å². The van der Waals surface area contributed by atoms with Crippen LogP contribution in [-0.4, -0.2) is 57.5 Å². The molecule has 112 valence electrons. The van der Waals surface area contributed by atoms with Gasteiger partial charge in [0.15, 0.2) is 0 Å². The van der Waals surface area contributed by atoms with Gasteiger partial charge in [0, 0.05) is 7.11 Å². The molecule has 1 aliphatic rings. The van der Waals surface area contributed by atoms with Gasteiger partial charge in [0.1, 0.15) is 24.6 Å². The van der Waals surface area contributed by atoms with Gasteiger partial charge in [-0.05, 0) is 24.1 Å². The number of aliphatic hydroxyl groups is 1. The van der Waals surface area contributed by atoms with Crippen LogP contribution >= 0.6 is 0 Å². The van der Waals surface area contributed by atoms with E-state index in [-0.39, 0.29) is 19.3 Å². The zero-order valence-corrected chi connectivity index (χ0v) is 11.8. The lowest BCUT2D eigenvalue weighted by atomic mass is 10.1. The fourth-order valence-corrected chi connectivity index (χ4v) is 1.71. The van der Waals surface area contributed by atoms with Crippen LogP contribution in [0.25, 0.3) is 0 Å². The highest BCUT2D eigenvalue weighted by Crippen LogP contribution is 2.13. The molecule has 20 heavy (non-hydrogen) atoms. The molecular weight excluding hydrogens is 260 g/mol. The molecule has 0 unspecified atom stereocenters. The molecule has 0 aromatic heterocycles. The Labute approximate surface area is 119 Å². The van der Waals surface area contributed by atoms with E-state index in [0.717, 1.165) is 18.8 Å². The molecule has 0 saturated carbocycles. The number of benzene rings is 1. The summed E-state index contributed by atoms with van der Waals surface area (Å²) in [7, 11) is 1.69. The van der Waals surface area contributed by atoms with E-state index in [2.05, 4.69) is 0 Å². The average molecular weight is 282 g/mol. The van der Waals surface area contributed by atoms with Crippen LogP contribution in [-0.2, 0) is 20.6 Å². The van der Waals surface area contributed by atoms with Crippen molar-refractivity contribution >= 4 is 0 Å². The van der Waals surface area contributed by atoms with Gasteiger partial charge in [0.05, 0.1) is 26.4 Å². The largest absolute Gasteiger partial charge is 0.491 e. The second-order valence-corrected chi connectivity index (χ2v) is 4.84. The molecule has 1 heterocycles. The lowest BCUT2D eigenvalue weighted by Crippen LogP contribution is -2.24. The first kappa shape index (κ1) is 15.3. The van der Waals surface area contributed by atoms with Gasteiger partial charge in [0.2, 0.25) is 0 Å². The Kier molecular flexibility index (Phi) is 6.26. The van der Waals surface area contributed by atoms with E-state index in [1.54, 1.807) is 7.11 Å². The SMILES string of the molecule is COCCc1ccc(OC[C@H](O)COC[C@H]2CO2)cc1. The third kappa shape index (κ3) is 5.88. The van der Waals surface area contributed by atoms with Gasteiger partial charge in [-0.15, -0.1) is 0 Å². The molecule has 1 saturated heterocycles. The zero-order valence-electron chi connectivity index (χ0n) is 11.8. The molecule has 5 heteroatoms. The standard InChI is InChI=1S/C15H22O5/c1-17-7-6-12-2-4-14(5-3-12)19-9-13(16)8-18-10-15-11-20-15/h2-5,13,15-16H,6-11H2,1H3/t13-,15+/m1/s1. The molecule has 0 spiro atoms. The Morgan fingerprint density at radius 3 is 2.70 bits per heavy atom. The van der Waals surface area contributed by atoms with Gasteiger partial charge in [-0.2, -0.15) is 0 Å². The Hall–Kier alpha value is -1.14. The maximum absolute atomic E-state index is 9.71. The van der Waals surface area contributed by atoms with Crippen molar-refractivity contribution in [2.45, 2.75) is 18.6 Å². The van der Waals surface area contributed by atoms with Crippen LogP contribution in [0.5, 0.6) is 5.75 Å². The van der Waals surface area contributed by atoms with Crippen LogP contribution < -0.4 is 4.74 Å². The molecule has 1 aromatic carbocycles. The maximum Gasteiger partial charge on any atom is 0.119 e. The van der Waals surface area contributed by atoms with Crippen LogP contribution in [0.15, 0.2) is 24.3 Å². The second kappa shape index (κ2) is 8.21. The highest BCUT2D eigenvalue weighted by molar-refractivity contribution is 5.27. The summed E-state index contributed by atoms with van der Waals surface area (Å²) >= 11 is 0. The minimum atomic E-state index is -0.623. The first-order chi connectivity index (χ1) is 9.78. The summed E-state index contributed by atoms with van der Waals surface area (Å²) in [6.07, 6.45) is 0.487. The number of ether oxygens (including phenoxy) is 4. The van der Waals surface area contributed by atoms with Crippen LogP contribution in [0.4, 0.5) is 0 Å². The monoisotopic (exact) mass is 282 g/mol. The van der Waals surface area contributed by atoms with E-state index in [1.165, 1.54) is 5.56 Å². The van der Waals surface area contributed by atoms with E-state index >= 15 is 0 Å². The highest BCUT2D eigenvalue weighted by Gasteiger charge is 2.22. The highest BCUT2D eigenvalue weighted by atomic mass is 16.6. The molecule has 1 aromatic rings. The molecule has 0 radical (unpaired) electrons. The van der Waals surface area contributed by atoms with Crippen molar-refractivity contribution in [2.24, 2.45) is 0 Å². The summed E-state index contributed by atoms with van der Waals surface area (Å²) in [6, 6.07) is 7.80. The third-order valence-electron chi connectivity index (χ3n) is 2.98.